The van der Waals surface area contributed by atoms with Crippen molar-refractivity contribution in [3.05, 3.63) is 53.9 Å². The second-order valence-electron chi connectivity index (χ2n) is 3.13. The number of fused-ring (bicyclic) bond motifs is 1. The lowest BCUT2D eigenvalue weighted by Gasteiger charge is -2.01. The molecule has 0 amide bonds. The average molecular weight is 197 g/mol. The molecule has 0 bridgehead atoms. The molecule has 2 heterocycles. The zero-order valence-corrected chi connectivity index (χ0v) is 8.46. The van der Waals surface area contributed by atoms with E-state index >= 15 is 0 Å². The van der Waals surface area contributed by atoms with Crippen LogP contribution < -0.4 is 0 Å². The summed E-state index contributed by atoms with van der Waals surface area (Å²) in [6.45, 7) is 0. The van der Waals surface area contributed by atoms with Crippen molar-refractivity contribution in [2.45, 2.75) is 0 Å². The highest BCUT2D eigenvalue weighted by Crippen LogP contribution is 2.06. The van der Waals surface area contributed by atoms with Gasteiger partial charge in [0.05, 0.1) is 11.9 Å². The molecule has 0 aliphatic carbocycles. The van der Waals surface area contributed by atoms with Crippen molar-refractivity contribution in [2.75, 3.05) is 0 Å². The number of nitrogens with zero attached hydrogens (tertiary/aromatic N) is 3. The van der Waals surface area contributed by atoms with Gasteiger partial charge in [0, 0.05) is 43.5 Å². The van der Waals surface area contributed by atoms with E-state index in [4.69, 9.17) is 0 Å². The molecule has 3 heteroatoms. The maximum atomic E-state index is 4.09. The summed E-state index contributed by atoms with van der Waals surface area (Å²) in [6.07, 6.45) is 10.8. The summed E-state index contributed by atoms with van der Waals surface area (Å²) >= 11 is 0. The fraction of sp³-hybridized carbons (Fsp3) is 0.0833. The monoisotopic (exact) mass is 197 g/mol. The van der Waals surface area contributed by atoms with Gasteiger partial charge in [0.1, 0.15) is 0 Å². The zero-order valence-electron chi connectivity index (χ0n) is 8.46. The van der Waals surface area contributed by atoms with Gasteiger partial charge in [0.25, 0.3) is 0 Å². The molecule has 1 aliphatic heterocycles. The summed E-state index contributed by atoms with van der Waals surface area (Å²) in [5, 5.41) is 0. The Labute approximate surface area is 88.4 Å². The van der Waals surface area contributed by atoms with E-state index in [0.717, 1.165) is 11.3 Å². The van der Waals surface area contributed by atoms with Crippen LogP contribution in [0.4, 0.5) is 0 Å². The Morgan fingerprint density at radius 2 is 2.27 bits per heavy atom. The minimum atomic E-state index is 1.02. The highest BCUT2D eigenvalue weighted by Gasteiger charge is 1.97. The maximum Gasteiger partial charge on any atom is 0.0687 e. The quantitative estimate of drug-likeness (QED) is 0.586. The largest absolute Gasteiger partial charge is 0.350 e. The molecule has 0 atom stereocenters. The van der Waals surface area contributed by atoms with Gasteiger partial charge in [0.15, 0.2) is 0 Å². The Hall–Kier alpha value is -2.12. The first-order chi connectivity index (χ1) is 7.38. The summed E-state index contributed by atoms with van der Waals surface area (Å²) in [5.74, 6) is 0. The second kappa shape index (κ2) is 4.40. The van der Waals surface area contributed by atoms with Crippen molar-refractivity contribution >= 4 is 12.3 Å². The summed E-state index contributed by atoms with van der Waals surface area (Å²) in [6, 6.07) is 3.82. The molecular formula is C12H11N3. The van der Waals surface area contributed by atoms with Crippen LogP contribution in [0.5, 0.6) is 0 Å². The third kappa shape index (κ3) is 2.22. The molecule has 0 spiro atoms. The standard InChI is InChI=1S/C12H11N3/c1-15-9-3-7-13-8-5-11-10-14-6-2-4-12(11)15/h3-10H,1H3. The van der Waals surface area contributed by atoms with E-state index in [9.17, 15) is 0 Å². The van der Waals surface area contributed by atoms with Crippen LogP contribution in [0.2, 0.25) is 0 Å². The van der Waals surface area contributed by atoms with Crippen molar-refractivity contribution < 1.29 is 0 Å². The smallest absolute Gasteiger partial charge is 0.0687 e. The Morgan fingerprint density at radius 3 is 3.20 bits per heavy atom. The first-order valence-corrected chi connectivity index (χ1v) is 4.66. The molecular weight excluding hydrogens is 186 g/mol. The van der Waals surface area contributed by atoms with E-state index in [2.05, 4.69) is 15.7 Å². The molecule has 74 valence electrons. The molecule has 15 heavy (non-hydrogen) atoms. The minimum absolute atomic E-state index is 1.02. The Morgan fingerprint density at radius 1 is 1.33 bits per heavy atom. The normalized spacial score (nSPS) is 11.8. The molecule has 0 aromatic carbocycles. The van der Waals surface area contributed by atoms with E-state index in [1.54, 1.807) is 24.8 Å². The van der Waals surface area contributed by atoms with Gasteiger partial charge < -0.3 is 4.57 Å². The molecule has 1 aliphatic rings. The molecule has 3 nitrogen and oxygen atoms in total. The second-order valence-corrected chi connectivity index (χ2v) is 3.13. The van der Waals surface area contributed by atoms with Crippen molar-refractivity contribution in [2.24, 2.45) is 12.0 Å². The van der Waals surface area contributed by atoms with E-state index in [0.29, 0.717) is 0 Å². The first-order valence-electron chi connectivity index (χ1n) is 4.66. The number of hydrogen-bond donors (Lipinski definition) is 0. The number of hydrogen-bond acceptors (Lipinski definition) is 2. The Balaban J connectivity index is 2.80. The summed E-state index contributed by atoms with van der Waals surface area (Å²) < 4.78 is 2.01. The predicted molar refractivity (Wildman–Crippen MR) is 61.0 cm³/mol. The fourth-order valence-corrected chi connectivity index (χ4v) is 1.33. The van der Waals surface area contributed by atoms with Crippen LogP contribution >= 0.6 is 0 Å². The number of aliphatic imine (C=N–C) groups is 1. The molecule has 0 radical (unpaired) electrons. The topological polar surface area (TPSA) is 30.2 Å². The van der Waals surface area contributed by atoms with Crippen molar-refractivity contribution in [3.8, 4) is 0 Å². The Kier molecular flexibility index (Phi) is 2.77. The van der Waals surface area contributed by atoms with Crippen molar-refractivity contribution in [3.63, 3.8) is 0 Å². The summed E-state index contributed by atoms with van der Waals surface area (Å²) in [4.78, 5) is 8.18. The summed E-state index contributed by atoms with van der Waals surface area (Å²) in [7, 11) is 1.98. The molecule has 0 N–H and O–H groups in total. The van der Waals surface area contributed by atoms with Crippen LogP contribution in [0.15, 0.2) is 47.6 Å². The lowest BCUT2D eigenvalue weighted by atomic mass is 10.2. The van der Waals surface area contributed by atoms with E-state index in [1.165, 1.54) is 0 Å². The van der Waals surface area contributed by atoms with Crippen molar-refractivity contribution in [1.82, 2.24) is 9.55 Å². The van der Waals surface area contributed by atoms with Crippen molar-refractivity contribution in [1.29, 1.82) is 0 Å². The van der Waals surface area contributed by atoms with E-state index in [-0.39, 0.29) is 0 Å². The maximum absolute atomic E-state index is 4.09. The van der Waals surface area contributed by atoms with Gasteiger partial charge in [-0.25, -0.2) is 0 Å². The third-order valence-corrected chi connectivity index (χ3v) is 2.08. The van der Waals surface area contributed by atoms with Crippen LogP contribution in [0.3, 0.4) is 0 Å². The molecule has 0 saturated carbocycles. The minimum Gasteiger partial charge on any atom is -0.350 e. The molecule has 0 unspecified atom stereocenters. The third-order valence-electron chi connectivity index (χ3n) is 2.08. The van der Waals surface area contributed by atoms with Gasteiger partial charge in [-0.05, 0) is 12.1 Å². The molecule has 1 aromatic heterocycles. The number of aromatic nitrogens is 2. The number of rotatable bonds is 0. The predicted octanol–water partition coefficient (Wildman–Crippen LogP) is 2.10. The van der Waals surface area contributed by atoms with Crippen LogP contribution in [0, 0.1) is 0 Å². The summed E-state index contributed by atoms with van der Waals surface area (Å²) in [5.41, 5.74) is 5.05. The first kappa shape index (κ1) is 9.44. The fourth-order valence-electron chi connectivity index (χ4n) is 1.33. The van der Waals surface area contributed by atoms with Gasteiger partial charge in [0.2, 0.25) is 0 Å². The average Bonchev–Trinajstić information content (AvgIpc) is 2.43. The highest BCUT2D eigenvalue weighted by molar-refractivity contribution is 5.85. The van der Waals surface area contributed by atoms with Crippen LogP contribution in [0.1, 0.15) is 11.3 Å². The van der Waals surface area contributed by atoms with Gasteiger partial charge in [-0.15, -0.1) is 0 Å². The lowest BCUT2D eigenvalue weighted by Crippen LogP contribution is -1.96. The highest BCUT2D eigenvalue weighted by atomic mass is 14.9. The van der Waals surface area contributed by atoms with Crippen LogP contribution in [-0.2, 0) is 7.05 Å². The SMILES string of the molecule is Cn1cccnccc2c1C=C=CN=C2. The molecule has 0 fully saturated rings. The van der Waals surface area contributed by atoms with Gasteiger partial charge >= 0.3 is 0 Å². The zero-order chi connectivity index (χ0) is 10.5. The molecule has 1 aromatic rings. The lowest BCUT2D eigenvalue weighted by molar-refractivity contribution is 0.896. The van der Waals surface area contributed by atoms with Gasteiger partial charge in [-0.2, -0.15) is 0 Å². The van der Waals surface area contributed by atoms with Crippen LogP contribution in [-0.4, -0.2) is 15.8 Å². The molecule has 2 rings (SSSR count). The van der Waals surface area contributed by atoms with Crippen LogP contribution in [0.25, 0.3) is 6.08 Å². The molecule has 0 saturated heterocycles. The number of aryl methyl sites for hydroxylation is 1. The van der Waals surface area contributed by atoms with E-state index < -0.39 is 0 Å². The Bertz CT molecular complexity index is 502. The van der Waals surface area contributed by atoms with Gasteiger partial charge in [-0.1, -0.05) is 5.73 Å². The van der Waals surface area contributed by atoms with Gasteiger partial charge in [-0.3, -0.25) is 9.98 Å². The van der Waals surface area contributed by atoms with E-state index in [1.807, 2.05) is 36.0 Å².